The third-order valence-corrected chi connectivity index (χ3v) is 7.80. The third kappa shape index (κ3) is 84.2. The summed E-state index contributed by atoms with van der Waals surface area (Å²) in [7, 11) is -3.42. The molecule has 0 spiro atoms. The van der Waals surface area contributed by atoms with Crippen molar-refractivity contribution < 1.29 is 119 Å². The van der Waals surface area contributed by atoms with E-state index < -0.39 is 50.7 Å². The lowest BCUT2D eigenvalue weighted by Crippen LogP contribution is -2.32. The number of carboxylic acid groups (broad SMARTS) is 1. The number of rotatable bonds is 30. The van der Waals surface area contributed by atoms with Crippen molar-refractivity contribution in [3.63, 3.8) is 0 Å². The highest BCUT2D eigenvalue weighted by Crippen LogP contribution is 2.13. The average Bonchev–Trinajstić information content (AvgIpc) is 3.64. The van der Waals surface area contributed by atoms with Crippen molar-refractivity contribution in [1.82, 2.24) is 5.06 Å². The van der Waals surface area contributed by atoms with Crippen LogP contribution in [0.5, 0.6) is 0 Å². The topological polar surface area (TPSA) is 356 Å². The van der Waals surface area contributed by atoms with Crippen molar-refractivity contribution in [2.45, 2.75) is 190 Å². The molecular formula is C54H103NO25S. The monoisotopic (exact) mass is 1200 g/mol. The van der Waals surface area contributed by atoms with E-state index in [2.05, 4.69) is 15.6 Å². The number of carbonyl (C=O) groups excluding carboxylic acids is 7. The van der Waals surface area contributed by atoms with Gasteiger partial charge >= 0.3 is 35.8 Å². The summed E-state index contributed by atoms with van der Waals surface area (Å²) in [5.41, 5.74) is -1.72. The van der Waals surface area contributed by atoms with Crippen LogP contribution in [0.3, 0.4) is 0 Å². The summed E-state index contributed by atoms with van der Waals surface area (Å²) in [6.07, 6.45) is 6.00. The minimum Gasteiger partial charge on any atom is -0.481 e. The van der Waals surface area contributed by atoms with E-state index in [9.17, 15) is 46.8 Å². The molecule has 1 rings (SSSR count). The molecule has 0 aliphatic carbocycles. The van der Waals surface area contributed by atoms with Gasteiger partial charge in [-0.25, -0.2) is 9.59 Å². The Bertz CT molecular complexity index is 1730. The Morgan fingerprint density at radius 3 is 1.05 bits per heavy atom. The predicted molar refractivity (Wildman–Crippen MR) is 298 cm³/mol. The SMILES string of the molecule is C=CC(=O)OC(C)(C)C.CC(C)(C)OC(=O)CCOCCO.CC(C)(C)OC(=O)CCOCCOS(C)(=O)=O.CCCOCCC(=O)O.CCCOCCC(=O)OC(C)(C)C.CCCOCCC(=O)ON1C(=O)CCC1=O.OCCO. The van der Waals surface area contributed by atoms with Crippen molar-refractivity contribution in [2.24, 2.45) is 0 Å². The Balaban J connectivity index is -0.000000208. The first kappa shape index (κ1) is 87.5. The molecule has 0 atom stereocenters. The number of hydroxylamine groups is 2. The van der Waals surface area contributed by atoms with E-state index in [4.69, 9.17) is 63.1 Å². The summed E-state index contributed by atoms with van der Waals surface area (Å²) in [5.74, 6) is -3.54. The Kier molecular flexibility index (Phi) is 57.6. The molecule has 1 aliphatic rings. The quantitative estimate of drug-likeness (QED) is 0.0175. The molecule has 2 amide bonds. The van der Waals surface area contributed by atoms with E-state index in [-0.39, 0.29) is 121 Å². The van der Waals surface area contributed by atoms with Crippen LogP contribution in [0.25, 0.3) is 0 Å². The number of hydrogen-bond donors (Lipinski definition) is 4. The zero-order valence-electron chi connectivity index (χ0n) is 51.5. The summed E-state index contributed by atoms with van der Waals surface area (Å²) in [6, 6.07) is 0. The maximum atomic E-state index is 11.2. The molecule has 81 heavy (non-hydrogen) atoms. The number of aliphatic hydroxyl groups is 3. The van der Waals surface area contributed by atoms with Crippen LogP contribution in [0.15, 0.2) is 12.7 Å². The van der Waals surface area contributed by atoms with Crippen LogP contribution in [0.4, 0.5) is 0 Å². The molecular weight excluding hydrogens is 1090 g/mol. The number of aliphatic hydroxyl groups excluding tert-OH is 3. The van der Waals surface area contributed by atoms with Crippen LogP contribution < -0.4 is 0 Å². The molecule has 480 valence electrons. The van der Waals surface area contributed by atoms with Crippen LogP contribution in [0, 0.1) is 0 Å². The normalized spacial score (nSPS) is 12.0. The lowest BCUT2D eigenvalue weighted by Gasteiger charge is -2.19. The zero-order chi connectivity index (χ0) is 64.2. The van der Waals surface area contributed by atoms with Gasteiger partial charge in [-0.15, -0.1) is 5.06 Å². The molecule has 0 unspecified atom stereocenters. The van der Waals surface area contributed by atoms with Crippen LogP contribution in [0.2, 0.25) is 0 Å². The summed E-state index contributed by atoms with van der Waals surface area (Å²) in [4.78, 5) is 91.8. The second-order valence-electron chi connectivity index (χ2n) is 20.4. The number of amides is 2. The summed E-state index contributed by atoms with van der Waals surface area (Å²) in [6.45, 7) is 34.6. The van der Waals surface area contributed by atoms with Crippen molar-refractivity contribution in [2.75, 3.05) is 98.8 Å². The minimum absolute atomic E-state index is 0.0195. The van der Waals surface area contributed by atoms with Crippen LogP contribution in [-0.2, 0) is 100 Å². The van der Waals surface area contributed by atoms with Gasteiger partial charge in [-0.1, -0.05) is 27.4 Å². The smallest absolute Gasteiger partial charge is 0.335 e. The Morgan fingerprint density at radius 2 is 0.790 bits per heavy atom. The first-order valence-electron chi connectivity index (χ1n) is 26.6. The summed E-state index contributed by atoms with van der Waals surface area (Å²) >= 11 is 0. The number of aliphatic carboxylic acids is 1. The number of ether oxygens (including phenoxy) is 9. The largest absolute Gasteiger partial charge is 0.481 e. The molecule has 4 N–H and O–H groups in total. The fourth-order valence-corrected chi connectivity index (χ4v) is 4.73. The number of nitrogens with zero attached hydrogens (tertiary/aromatic N) is 1. The molecule has 0 aromatic heterocycles. The van der Waals surface area contributed by atoms with E-state index >= 15 is 0 Å². The molecule has 0 saturated carbocycles. The number of esters is 4. The van der Waals surface area contributed by atoms with Crippen molar-refractivity contribution in [1.29, 1.82) is 0 Å². The van der Waals surface area contributed by atoms with Crippen molar-refractivity contribution >= 4 is 57.7 Å². The highest BCUT2D eigenvalue weighted by molar-refractivity contribution is 7.85. The van der Waals surface area contributed by atoms with E-state index in [0.29, 0.717) is 51.1 Å². The fraction of sp³-hybridized carbons (Fsp3) is 0.815. The van der Waals surface area contributed by atoms with Gasteiger partial charge in [-0.2, -0.15) is 8.42 Å². The van der Waals surface area contributed by atoms with E-state index in [1.165, 1.54) is 0 Å². The molecule has 0 aromatic carbocycles. The molecule has 0 bridgehead atoms. The fourth-order valence-electron chi connectivity index (χ4n) is 4.36. The van der Waals surface area contributed by atoms with Crippen LogP contribution in [0.1, 0.15) is 168 Å². The Hall–Kier alpha value is -4.71. The number of carbonyl (C=O) groups is 8. The molecule has 0 aromatic rings. The van der Waals surface area contributed by atoms with Gasteiger partial charge in [0.05, 0.1) is 111 Å². The van der Waals surface area contributed by atoms with Gasteiger partial charge in [0, 0.05) is 38.7 Å². The standard InChI is InChI=1S/C10H15NO5.C10H20O6S.C10H20O3.C9H18O4.C7H12O2.C6H12O3.C2H6O2/c1-2-6-15-7-5-10(14)16-11-8(12)3-4-9(11)13;1-10(2,3)16-9(11)5-6-14-7-8-15-17(4,12)13;1-5-7-12-8-6-9(11)13-10(2,3)4;1-9(2,3)13-8(11)4-6-12-7-5-10;1-5-6(8)9-7(2,3)4;1-2-4-9-5-3-6(7)8;3-1-2-4/h2-7H2,1H3;5-8H2,1-4H3;5-8H2,1-4H3;10H,4-7H2,1-3H3;5H,1H2,2-4H3;2-5H2,1H3,(H,7,8);3-4H,1-2H2. The molecule has 27 heteroatoms. The molecule has 1 heterocycles. The van der Waals surface area contributed by atoms with Gasteiger partial charge in [-0.05, 0) is 102 Å². The number of hydrogen-bond acceptors (Lipinski definition) is 24. The maximum Gasteiger partial charge on any atom is 0.335 e. The van der Waals surface area contributed by atoms with E-state index in [1.807, 2.05) is 83.1 Å². The van der Waals surface area contributed by atoms with E-state index in [0.717, 1.165) is 31.6 Å². The Morgan fingerprint density at radius 1 is 0.481 bits per heavy atom. The van der Waals surface area contributed by atoms with E-state index in [1.54, 1.807) is 20.8 Å². The molecule has 1 saturated heterocycles. The lowest BCUT2D eigenvalue weighted by atomic mass is 10.2. The predicted octanol–water partition coefficient (Wildman–Crippen LogP) is 5.37. The molecule has 26 nitrogen and oxygen atoms in total. The number of imide groups is 1. The van der Waals surface area contributed by atoms with Crippen molar-refractivity contribution in [3.05, 3.63) is 12.7 Å². The molecule has 1 fully saturated rings. The second-order valence-corrected chi connectivity index (χ2v) is 22.1. The van der Waals surface area contributed by atoms with Gasteiger partial charge in [0.15, 0.2) is 0 Å². The second kappa shape index (κ2) is 53.3. The van der Waals surface area contributed by atoms with Crippen LogP contribution >= 0.6 is 0 Å². The number of carboxylic acids is 1. The average molecular weight is 1200 g/mol. The molecule has 0 radical (unpaired) electrons. The zero-order valence-corrected chi connectivity index (χ0v) is 52.3. The Labute approximate surface area is 482 Å². The van der Waals surface area contributed by atoms with Gasteiger partial charge in [-0.3, -0.25) is 33.0 Å². The van der Waals surface area contributed by atoms with Gasteiger partial charge < -0.3 is 67.9 Å². The van der Waals surface area contributed by atoms with Crippen molar-refractivity contribution in [3.8, 4) is 0 Å². The third-order valence-electron chi connectivity index (χ3n) is 7.20. The summed E-state index contributed by atoms with van der Waals surface area (Å²) < 4.78 is 70.7. The highest BCUT2D eigenvalue weighted by Gasteiger charge is 2.32. The maximum absolute atomic E-state index is 11.2. The molecule has 1 aliphatic heterocycles. The van der Waals surface area contributed by atoms with Gasteiger partial charge in [0.1, 0.15) is 22.4 Å². The lowest BCUT2D eigenvalue weighted by molar-refractivity contribution is -0.198. The van der Waals surface area contributed by atoms with Crippen LogP contribution in [-0.4, -0.2) is 203 Å². The van der Waals surface area contributed by atoms with Gasteiger partial charge in [0.25, 0.3) is 21.9 Å². The first-order valence-corrected chi connectivity index (χ1v) is 28.5. The first-order chi connectivity index (χ1) is 37.3. The highest BCUT2D eigenvalue weighted by atomic mass is 32.2. The van der Waals surface area contributed by atoms with Gasteiger partial charge in [0.2, 0.25) is 0 Å². The minimum atomic E-state index is -3.42. The summed E-state index contributed by atoms with van der Waals surface area (Å²) in [5, 5.41) is 32.3.